The first-order valence-corrected chi connectivity index (χ1v) is 20.1. The van der Waals surface area contributed by atoms with Crippen molar-refractivity contribution in [3.05, 3.63) is 72.1 Å². The first-order valence-electron chi connectivity index (χ1n) is 20.1. The highest BCUT2D eigenvalue weighted by Crippen LogP contribution is 2.39. The summed E-state index contributed by atoms with van der Waals surface area (Å²) in [5.74, 6) is -9.29. The predicted octanol–water partition coefficient (Wildman–Crippen LogP) is 0.943. The number of nitrogens with zero attached hydrogens (tertiary/aromatic N) is 2. The molecule has 5 rings (SSSR count). The maximum absolute atomic E-state index is 14.5. The molecule has 326 valence electrons. The van der Waals surface area contributed by atoms with Crippen molar-refractivity contribution in [3.8, 4) is 0 Å². The van der Waals surface area contributed by atoms with Crippen molar-refractivity contribution in [2.45, 2.75) is 107 Å². The molecule has 0 saturated heterocycles. The Morgan fingerprint density at radius 2 is 1.61 bits per heavy atom. The number of carbonyl (C=O) groups excluding carboxylic acids is 8. The first kappa shape index (κ1) is 45.6. The topological polar surface area (TPSA) is 265 Å². The van der Waals surface area contributed by atoms with Crippen LogP contribution in [0, 0.1) is 0 Å². The highest BCUT2D eigenvalue weighted by Gasteiger charge is 2.49. The normalized spacial score (nSPS) is 17.5. The largest absolute Gasteiger partial charge is 0.370 e. The molecule has 1 aliphatic heterocycles. The summed E-state index contributed by atoms with van der Waals surface area (Å²) < 4.78 is 29.1. The number of aromatic nitrogens is 1. The number of benzene rings is 2. The van der Waals surface area contributed by atoms with E-state index in [1.807, 2.05) is 42.5 Å². The Morgan fingerprint density at radius 3 is 2.30 bits per heavy atom. The number of pyridine rings is 1. The maximum atomic E-state index is 14.5. The minimum atomic E-state index is -3.09. The number of nitrogens with one attached hydrogen (secondary N) is 5. The van der Waals surface area contributed by atoms with E-state index in [0.29, 0.717) is 24.1 Å². The molecule has 19 heteroatoms. The van der Waals surface area contributed by atoms with Gasteiger partial charge in [0.1, 0.15) is 30.2 Å². The number of fused-ring (bicyclic) bond motifs is 2. The van der Waals surface area contributed by atoms with Gasteiger partial charge in [-0.1, -0.05) is 42.5 Å². The molecule has 0 unspecified atom stereocenters. The molecule has 17 nitrogen and oxygen atoms in total. The van der Waals surface area contributed by atoms with Crippen LogP contribution in [0.25, 0.3) is 10.8 Å². The van der Waals surface area contributed by atoms with E-state index < -0.39 is 110 Å². The molecule has 1 saturated carbocycles. The Kier molecular flexibility index (Phi) is 15.0. The maximum Gasteiger partial charge on any atom is 0.250 e. The van der Waals surface area contributed by atoms with Crippen LogP contribution in [-0.4, -0.2) is 94.9 Å². The molecule has 2 aliphatic rings. The third kappa shape index (κ3) is 12.5. The zero-order chi connectivity index (χ0) is 44.3. The molecular weight excluding hydrogens is 797 g/mol. The third-order valence-corrected chi connectivity index (χ3v) is 10.8. The summed E-state index contributed by atoms with van der Waals surface area (Å²) >= 11 is 0. The van der Waals surface area contributed by atoms with E-state index in [1.165, 1.54) is 25.4 Å². The van der Waals surface area contributed by atoms with Crippen molar-refractivity contribution in [1.29, 1.82) is 0 Å². The van der Waals surface area contributed by atoms with Crippen LogP contribution in [0.2, 0.25) is 0 Å². The fourth-order valence-corrected chi connectivity index (χ4v) is 7.58. The summed E-state index contributed by atoms with van der Waals surface area (Å²) in [4.78, 5) is 110. The van der Waals surface area contributed by atoms with Gasteiger partial charge in [0.25, 0.3) is 0 Å². The lowest BCUT2D eigenvalue weighted by molar-refractivity contribution is -0.142. The van der Waals surface area contributed by atoms with Crippen LogP contribution >= 0.6 is 0 Å². The van der Waals surface area contributed by atoms with Gasteiger partial charge in [0.15, 0.2) is 0 Å². The number of carbonyl (C=O) groups is 8. The van der Waals surface area contributed by atoms with E-state index in [1.54, 1.807) is 0 Å². The molecule has 2 aromatic carbocycles. The van der Waals surface area contributed by atoms with Gasteiger partial charge in [0, 0.05) is 51.5 Å². The van der Waals surface area contributed by atoms with Crippen LogP contribution < -0.4 is 43.0 Å². The smallest absolute Gasteiger partial charge is 0.250 e. The fraction of sp³-hybridized carbons (Fsp3) is 0.452. The second-order valence-corrected chi connectivity index (χ2v) is 15.6. The molecule has 1 fully saturated rings. The number of amides is 8. The number of hydrogen-bond donors (Lipinski definition) is 7. The Balaban J connectivity index is 1.33. The van der Waals surface area contributed by atoms with Crippen molar-refractivity contribution in [3.63, 3.8) is 0 Å². The minimum absolute atomic E-state index is 0.0532. The van der Waals surface area contributed by atoms with E-state index in [9.17, 15) is 47.1 Å². The number of hydrogen-bond acceptors (Lipinski definition) is 9. The van der Waals surface area contributed by atoms with Gasteiger partial charge in [-0.05, 0) is 66.5 Å². The predicted molar refractivity (Wildman–Crippen MR) is 218 cm³/mol. The molecule has 1 aromatic heterocycles. The molecule has 0 spiro atoms. The zero-order valence-electron chi connectivity index (χ0n) is 33.8. The number of primary amides is 2. The Labute approximate surface area is 350 Å². The molecule has 3 aromatic rings. The van der Waals surface area contributed by atoms with E-state index in [0.717, 1.165) is 21.2 Å². The highest BCUT2D eigenvalue weighted by molar-refractivity contribution is 6.06. The number of anilines is 1. The average molecular weight is 848 g/mol. The lowest BCUT2D eigenvalue weighted by atomic mass is 9.78. The van der Waals surface area contributed by atoms with Crippen LogP contribution in [-0.2, 0) is 51.2 Å². The number of alkyl halides is 2. The van der Waals surface area contributed by atoms with Crippen molar-refractivity contribution < 1.29 is 47.1 Å². The van der Waals surface area contributed by atoms with Gasteiger partial charge < -0.3 is 43.0 Å². The molecule has 0 bridgehead atoms. The van der Waals surface area contributed by atoms with E-state index in [2.05, 4.69) is 31.6 Å². The van der Waals surface area contributed by atoms with E-state index >= 15 is 0 Å². The van der Waals surface area contributed by atoms with Gasteiger partial charge >= 0.3 is 0 Å². The number of halogens is 2. The number of nitrogens with two attached hydrogens (primary N) is 2. The summed E-state index contributed by atoms with van der Waals surface area (Å²) in [6.45, 7) is 1.06. The SMILES string of the molecule is CC(=O)NCCCC[C@H](NC(=O)C1(NC(=O)CCc2ccc3ccccc3c2)CCC(F)(F)CC1)C(=O)N[C@@H](CC(N)=O)C(=O)N[C@H]1Cc2cnccc2N(CC(N)=O)C1=O. The van der Waals surface area contributed by atoms with Crippen LogP contribution in [0.1, 0.15) is 75.8 Å². The summed E-state index contributed by atoms with van der Waals surface area (Å²) in [6.07, 6.45) is 0.562. The molecule has 61 heavy (non-hydrogen) atoms. The number of rotatable bonds is 19. The van der Waals surface area contributed by atoms with Gasteiger partial charge in [-0.3, -0.25) is 43.3 Å². The quantitative estimate of drug-likeness (QED) is 0.0846. The van der Waals surface area contributed by atoms with Gasteiger partial charge in [-0.25, -0.2) is 8.78 Å². The lowest BCUT2D eigenvalue weighted by Crippen LogP contribution is -2.64. The monoisotopic (exact) mass is 847 g/mol. The summed E-state index contributed by atoms with van der Waals surface area (Å²) in [7, 11) is 0. The standard InChI is InChI=1S/C42H51F2N9O8/c1-25(54)48-18-5-4-8-30(37(58)49-31(22-34(45)55)38(59)50-32-21-29-23-47-19-13-33(29)53(39(32)60)24-35(46)56)51-40(61)41(14-16-42(43,44)17-15-41)52-36(57)12-10-26-9-11-27-6-2-3-7-28(27)20-26/h2-3,6-7,9,11,13,19-20,23,30-32H,4-5,8,10,12,14-18,21-22,24H2,1H3,(H2,45,55)(H2,46,56)(H,48,54)(H,49,58)(H,50,59)(H,51,61)(H,52,57)/t30-,31-,32-/m0/s1. The van der Waals surface area contributed by atoms with E-state index in [4.69, 9.17) is 11.5 Å². The van der Waals surface area contributed by atoms with Crippen molar-refractivity contribution in [1.82, 2.24) is 31.6 Å². The highest BCUT2D eigenvalue weighted by atomic mass is 19.3. The second-order valence-electron chi connectivity index (χ2n) is 15.6. The van der Waals surface area contributed by atoms with Crippen LogP contribution in [0.5, 0.6) is 0 Å². The van der Waals surface area contributed by atoms with Crippen LogP contribution in [0.4, 0.5) is 14.5 Å². The molecule has 9 N–H and O–H groups in total. The van der Waals surface area contributed by atoms with Crippen molar-refractivity contribution >= 4 is 63.7 Å². The molecule has 3 atom stereocenters. The Morgan fingerprint density at radius 1 is 0.885 bits per heavy atom. The summed E-state index contributed by atoms with van der Waals surface area (Å²) in [6, 6.07) is 10.6. The second kappa shape index (κ2) is 20.2. The lowest BCUT2D eigenvalue weighted by Gasteiger charge is -2.40. The van der Waals surface area contributed by atoms with Crippen molar-refractivity contribution in [2.24, 2.45) is 11.5 Å². The average Bonchev–Trinajstić information content (AvgIpc) is 3.21. The summed E-state index contributed by atoms with van der Waals surface area (Å²) in [5, 5.41) is 14.9. The van der Waals surface area contributed by atoms with Crippen LogP contribution in [0.15, 0.2) is 60.9 Å². The van der Waals surface area contributed by atoms with E-state index in [-0.39, 0.29) is 38.1 Å². The summed E-state index contributed by atoms with van der Waals surface area (Å²) in [5.41, 5.74) is 10.7. The van der Waals surface area contributed by atoms with Crippen LogP contribution in [0.3, 0.4) is 0 Å². The fourth-order valence-electron chi connectivity index (χ4n) is 7.58. The molecule has 2 heterocycles. The molecular formula is C42H51F2N9O8. The van der Waals surface area contributed by atoms with Crippen molar-refractivity contribution in [2.75, 3.05) is 18.0 Å². The van der Waals surface area contributed by atoms with Gasteiger partial charge in [0.05, 0.1) is 12.1 Å². The molecule has 1 aliphatic carbocycles. The molecule has 0 radical (unpaired) electrons. The minimum Gasteiger partial charge on any atom is -0.370 e. The number of unbranched alkanes of at least 4 members (excludes halogenated alkanes) is 1. The van der Waals surface area contributed by atoms with Gasteiger partial charge in [-0.2, -0.15) is 0 Å². The zero-order valence-corrected chi connectivity index (χ0v) is 33.8. The van der Waals surface area contributed by atoms with Gasteiger partial charge in [-0.15, -0.1) is 0 Å². The Bertz CT molecular complexity index is 2160. The number of aryl methyl sites for hydroxylation is 1. The Hall–Kier alpha value is -6.53. The van der Waals surface area contributed by atoms with Gasteiger partial charge in [0.2, 0.25) is 53.2 Å². The molecule has 8 amide bonds. The third-order valence-electron chi connectivity index (χ3n) is 10.8. The first-order chi connectivity index (χ1) is 28.9.